The Morgan fingerprint density at radius 3 is 2.42 bits per heavy atom. The van der Waals surface area contributed by atoms with Gasteiger partial charge < -0.3 is 15.5 Å². The number of piperazine rings is 1. The zero-order valence-corrected chi connectivity index (χ0v) is 14.4. The molecule has 2 N–H and O–H groups in total. The first-order valence-corrected chi connectivity index (χ1v) is 8.70. The van der Waals surface area contributed by atoms with Crippen molar-refractivity contribution in [3.63, 3.8) is 0 Å². The monoisotopic (exact) mass is 334 g/mol. The van der Waals surface area contributed by atoms with Gasteiger partial charge in [-0.1, -0.05) is 6.92 Å². The first kappa shape index (κ1) is 17.2. The molecule has 0 saturated carbocycles. The summed E-state index contributed by atoms with van der Waals surface area (Å²) in [4.78, 5) is 18.9. The van der Waals surface area contributed by atoms with Crippen molar-refractivity contribution in [1.29, 1.82) is 0 Å². The van der Waals surface area contributed by atoms with Crippen LogP contribution in [-0.2, 0) is 4.79 Å². The second-order valence-electron chi connectivity index (χ2n) is 7.32. The van der Waals surface area contributed by atoms with Gasteiger partial charge >= 0.3 is 0 Å². The SMILES string of the molecule is CC1(CN)CCN(CC(=O)N2CCN(c3ccc(F)cc3)CC2)C1. The molecule has 3 rings (SSSR count). The van der Waals surface area contributed by atoms with Gasteiger partial charge in [0.1, 0.15) is 5.82 Å². The summed E-state index contributed by atoms with van der Waals surface area (Å²) in [5.74, 6) is -0.0160. The molecule has 0 radical (unpaired) electrons. The number of benzene rings is 1. The van der Waals surface area contributed by atoms with Crippen molar-refractivity contribution in [3.8, 4) is 0 Å². The topological polar surface area (TPSA) is 52.8 Å². The third-order valence-electron chi connectivity index (χ3n) is 5.31. The number of anilines is 1. The molecule has 132 valence electrons. The van der Waals surface area contributed by atoms with E-state index in [1.165, 1.54) is 12.1 Å². The van der Waals surface area contributed by atoms with Gasteiger partial charge in [0.15, 0.2) is 0 Å². The van der Waals surface area contributed by atoms with Crippen molar-refractivity contribution in [3.05, 3.63) is 30.1 Å². The zero-order valence-electron chi connectivity index (χ0n) is 14.4. The largest absolute Gasteiger partial charge is 0.368 e. The molecular weight excluding hydrogens is 307 g/mol. The summed E-state index contributed by atoms with van der Waals surface area (Å²) >= 11 is 0. The lowest BCUT2D eigenvalue weighted by atomic mass is 9.90. The molecule has 1 aromatic rings. The molecule has 0 aromatic heterocycles. The van der Waals surface area contributed by atoms with Gasteiger partial charge in [-0.3, -0.25) is 9.69 Å². The van der Waals surface area contributed by atoms with E-state index in [0.29, 0.717) is 13.1 Å². The van der Waals surface area contributed by atoms with Crippen molar-refractivity contribution in [2.45, 2.75) is 13.3 Å². The van der Waals surface area contributed by atoms with Gasteiger partial charge in [0.2, 0.25) is 5.91 Å². The molecule has 2 heterocycles. The fourth-order valence-corrected chi connectivity index (χ4v) is 3.58. The Bertz CT molecular complexity index is 571. The molecule has 0 bridgehead atoms. The van der Waals surface area contributed by atoms with Crippen molar-refractivity contribution >= 4 is 11.6 Å². The van der Waals surface area contributed by atoms with Crippen LogP contribution in [-0.4, -0.2) is 68.1 Å². The average Bonchev–Trinajstić information content (AvgIpc) is 2.97. The van der Waals surface area contributed by atoms with Gasteiger partial charge in [-0.25, -0.2) is 4.39 Å². The van der Waals surface area contributed by atoms with Crippen LogP contribution < -0.4 is 10.6 Å². The molecule has 2 saturated heterocycles. The highest BCUT2D eigenvalue weighted by Gasteiger charge is 2.34. The molecule has 1 unspecified atom stereocenters. The number of amides is 1. The van der Waals surface area contributed by atoms with Crippen LogP contribution in [0.15, 0.2) is 24.3 Å². The molecule has 0 spiro atoms. The number of carbonyl (C=O) groups excluding carboxylic acids is 1. The van der Waals surface area contributed by atoms with Crippen LogP contribution in [0.2, 0.25) is 0 Å². The Labute approximate surface area is 143 Å². The number of nitrogens with two attached hydrogens (primary N) is 1. The first-order valence-electron chi connectivity index (χ1n) is 8.70. The van der Waals surface area contributed by atoms with Crippen LogP contribution in [0.25, 0.3) is 0 Å². The number of nitrogens with zero attached hydrogens (tertiary/aromatic N) is 3. The highest BCUT2D eigenvalue weighted by atomic mass is 19.1. The van der Waals surface area contributed by atoms with Gasteiger partial charge in [-0.05, 0) is 49.2 Å². The lowest BCUT2D eigenvalue weighted by Gasteiger charge is -2.36. The average molecular weight is 334 g/mol. The van der Waals surface area contributed by atoms with Gasteiger partial charge in [-0.15, -0.1) is 0 Å². The van der Waals surface area contributed by atoms with Gasteiger partial charge in [0.05, 0.1) is 6.54 Å². The smallest absolute Gasteiger partial charge is 0.236 e. The van der Waals surface area contributed by atoms with Crippen LogP contribution in [0.5, 0.6) is 0 Å². The Balaban J connectivity index is 1.48. The van der Waals surface area contributed by atoms with E-state index >= 15 is 0 Å². The fourth-order valence-electron chi connectivity index (χ4n) is 3.58. The maximum absolute atomic E-state index is 13.0. The summed E-state index contributed by atoms with van der Waals surface area (Å²) in [6.07, 6.45) is 1.06. The third-order valence-corrected chi connectivity index (χ3v) is 5.31. The summed E-state index contributed by atoms with van der Waals surface area (Å²) in [5.41, 5.74) is 7.00. The number of likely N-dealkylation sites (tertiary alicyclic amines) is 1. The molecule has 2 fully saturated rings. The minimum atomic E-state index is -0.220. The van der Waals surface area contributed by atoms with E-state index in [4.69, 9.17) is 5.73 Å². The van der Waals surface area contributed by atoms with E-state index in [9.17, 15) is 9.18 Å². The van der Waals surface area contributed by atoms with Gasteiger partial charge in [-0.2, -0.15) is 0 Å². The van der Waals surface area contributed by atoms with Crippen molar-refractivity contribution < 1.29 is 9.18 Å². The lowest BCUT2D eigenvalue weighted by Crippen LogP contribution is -2.51. The standard InChI is InChI=1S/C18H27FN4O/c1-18(13-20)6-7-21(14-18)12-17(24)23-10-8-22(9-11-23)16-4-2-15(19)3-5-16/h2-5H,6-14,20H2,1H3. The van der Waals surface area contributed by atoms with Crippen LogP contribution >= 0.6 is 0 Å². The van der Waals surface area contributed by atoms with Crippen LogP contribution in [0, 0.1) is 11.2 Å². The second kappa shape index (κ2) is 7.07. The Hall–Kier alpha value is -1.66. The molecule has 2 aliphatic heterocycles. The van der Waals surface area contributed by atoms with Crippen molar-refractivity contribution in [1.82, 2.24) is 9.80 Å². The molecule has 1 amide bonds. The van der Waals surface area contributed by atoms with E-state index in [-0.39, 0.29) is 17.1 Å². The summed E-state index contributed by atoms with van der Waals surface area (Å²) in [7, 11) is 0. The van der Waals surface area contributed by atoms with Crippen LogP contribution in [0.3, 0.4) is 0 Å². The summed E-state index contributed by atoms with van der Waals surface area (Å²) in [6.45, 7) is 8.24. The molecule has 24 heavy (non-hydrogen) atoms. The van der Waals surface area contributed by atoms with Crippen LogP contribution in [0.1, 0.15) is 13.3 Å². The van der Waals surface area contributed by atoms with Gasteiger partial charge in [0.25, 0.3) is 0 Å². The Morgan fingerprint density at radius 1 is 1.17 bits per heavy atom. The summed E-state index contributed by atoms with van der Waals surface area (Å²) in [5, 5.41) is 0. The predicted octanol–water partition coefficient (Wildman–Crippen LogP) is 1.15. The summed E-state index contributed by atoms with van der Waals surface area (Å²) < 4.78 is 13.0. The molecule has 6 heteroatoms. The van der Waals surface area contributed by atoms with Crippen LogP contribution in [0.4, 0.5) is 10.1 Å². The molecule has 5 nitrogen and oxygen atoms in total. The normalized spacial score (nSPS) is 25.3. The Kier molecular flexibility index (Phi) is 5.06. The van der Waals surface area contributed by atoms with Gasteiger partial charge in [0, 0.05) is 38.4 Å². The quantitative estimate of drug-likeness (QED) is 0.897. The number of rotatable bonds is 4. The first-order chi connectivity index (χ1) is 11.5. The molecule has 1 atom stereocenters. The number of halogens is 1. The van der Waals surface area contributed by atoms with Crippen molar-refractivity contribution in [2.24, 2.45) is 11.1 Å². The molecule has 2 aliphatic rings. The van der Waals surface area contributed by atoms with Crippen molar-refractivity contribution in [2.75, 3.05) is 57.3 Å². The highest BCUT2D eigenvalue weighted by molar-refractivity contribution is 5.78. The number of hydrogen-bond donors (Lipinski definition) is 1. The van der Waals surface area contributed by atoms with E-state index in [1.54, 1.807) is 12.1 Å². The maximum Gasteiger partial charge on any atom is 0.236 e. The number of carbonyl (C=O) groups is 1. The van der Waals surface area contributed by atoms with E-state index in [2.05, 4.69) is 16.7 Å². The molecule has 0 aliphatic carbocycles. The second-order valence-corrected chi connectivity index (χ2v) is 7.32. The lowest BCUT2D eigenvalue weighted by molar-refractivity contribution is -0.132. The predicted molar refractivity (Wildman–Crippen MR) is 93.4 cm³/mol. The molecular formula is C18H27FN4O. The minimum Gasteiger partial charge on any atom is -0.368 e. The highest BCUT2D eigenvalue weighted by Crippen LogP contribution is 2.28. The maximum atomic E-state index is 13.0. The summed E-state index contributed by atoms with van der Waals surface area (Å²) in [6, 6.07) is 6.55. The number of hydrogen-bond acceptors (Lipinski definition) is 4. The molecule has 1 aromatic carbocycles. The zero-order chi connectivity index (χ0) is 17.2. The minimum absolute atomic E-state index is 0.154. The van der Waals surface area contributed by atoms with E-state index < -0.39 is 0 Å². The van der Waals surface area contributed by atoms with E-state index in [0.717, 1.165) is 51.4 Å². The van der Waals surface area contributed by atoms with E-state index in [1.807, 2.05) is 4.90 Å². The third kappa shape index (κ3) is 3.87. The fraction of sp³-hybridized carbons (Fsp3) is 0.611. The Morgan fingerprint density at radius 2 is 1.83 bits per heavy atom.